The van der Waals surface area contributed by atoms with Crippen LogP contribution in [-0.4, -0.2) is 39.7 Å². The van der Waals surface area contributed by atoms with Crippen LogP contribution in [0.1, 0.15) is 33.5 Å². The Balaban J connectivity index is 3.07. The van der Waals surface area contributed by atoms with Crippen LogP contribution in [0.25, 0.3) is 0 Å². The van der Waals surface area contributed by atoms with Crippen LogP contribution in [0.5, 0.6) is 0 Å². The van der Waals surface area contributed by atoms with Gasteiger partial charge in [0, 0.05) is 19.2 Å². The van der Waals surface area contributed by atoms with Crippen LogP contribution in [0, 0.1) is 6.92 Å². The number of rotatable bonds is 5. The van der Waals surface area contributed by atoms with Crippen LogP contribution in [-0.2, 0) is 4.79 Å². The highest BCUT2D eigenvalue weighted by Gasteiger charge is 2.27. The topological polar surface area (TPSA) is 78.3 Å². The van der Waals surface area contributed by atoms with Gasteiger partial charge in [-0.05, 0) is 34.6 Å². The van der Waals surface area contributed by atoms with Gasteiger partial charge in [-0.25, -0.2) is 14.8 Å². The zero-order valence-electron chi connectivity index (χ0n) is 12.4. The van der Waals surface area contributed by atoms with Crippen molar-refractivity contribution in [2.75, 3.05) is 17.3 Å². The summed E-state index contributed by atoms with van der Waals surface area (Å²) < 4.78 is 0. The number of aromatic nitrogens is 2. The Labute approximate surface area is 113 Å². The van der Waals surface area contributed by atoms with E-state index in [1.165, 1.54) is 0 Å². The maximum atomic E-state index is 11.1. The number of aryl methyl sites for hydroxylation is 1. The maximum absolute atomic E-state index is 11.1. The normalized spacial score (nSPS) is 11.5. The van der Waals surface area contributed by atoms with Gasteiger partial charge in [0.25, 0.3) is 0 Å². The summed E-state index contributed by atoms with van der Waals surface area (Å²) >= 11 is 0. The average Bonchev–Trinajstić information content (AvgIpc) is 2.26. The lowest BCUT2D eigenvalue weighted by Crippen LogP contribution is -2.40. The molecule has 1 aromatic heterocycles. The minimum absolute atomic E-state index is 0.301. The summed E-state index contributed by atoms with van der Waals surface area (Å²) in [5, 5.41) is 12.0. The molecule has 1 heterocycles. The van der Waals surface area contributed by atoms with Crippen molar-refractivity contribution in [3.05, 3.63) is 11.9 Å². The molecular weight excluding hydrogens is 244 g/mol. The van der Waals surface area contributed by atoms with E-state index in [0.29, 0.717) is 17.7 Å². The lowest BCUT2D eigenvalue weighted by Gasteiger charge is -2.25. The first kappa shape index (κ1) is 15.2. The summed E-state index contributed by atoms with van der Waals surface area (Å²) in [7, 11) is 1.94. The van der Waals surface area contributed by atoms with Gasteiger partial charge in [-0.15, -0.1) is 0 Å². The van der Waals surface area contributed by atoms with Crippen molar-refractivity contribution in [3.63, 3.8) is 0 Å². The molecule has 6 heteroatoms. The van der Waals surface area contributed by atoms with E-state index in [1.54, 1.807) is 26.8 Å². The first-order valence-corrected chi connectivity index (χ1v) is 6.23. The van der Waals surface area contributed by atoms with E-state index in [4.69, 9.17) is 5.11 Å². The third kappa shape index (κ3) is 3.81. The fourth-order valence-electron chi connectivity index (χ4n) is 1.43. The van der Waals surface area contributed by atoms with Crippen LogP contribution in [0.15, 0.2) is 6.07 Å². The summed E-state index contributed by atoms with van der Waals surface area (Å²) in [5.74, 6) is 0.963. The molecule has 0 aliphatic rings. The molecule has 1 aromatic rings. The van der Waals surface area contributed by atoms with Crippen molar-refractivity contribution in [1.29, 1.82) is 0 Å². The second-order valence-corrected chi connectivity index (χ2v) is 5.42. The molecule has 19 heavy (non-hydrogen) atoms. The summed E-state index contributed by atoms with van der Waals surface area (Å²) in [6.45, 7) is 9.10. The van der Waals surface area contributed by atoms with Crippen LogP contribution < -0.4 is 10.2 Å². The number of hydrogen-bond acceptors (Lipinski definition) is 5. The van der Waals surface area contributed by atoms with Gasteiger partial charge in [-0.1, -0.05) is 0 Å². The quantitative estimate of drug-likeness (QED) is 0.847. The maximum Gasteiger partial charge on any atom is 0.328 e. The molecule has 0 spiro atoms. The number of hydrogen-bond donors (Lipinski definition) is 2. The van der Waals surface area contributed by atoms with Crippen molar-refractivity contribution >= 4 is 17.6 Å². The molecule has 0 bridgehead atoms. The summed E-state index contributed by atoms with van der Waals surface area (Å²) in [6, 6.07) is 2.06. The van der Waals surface area contributed by atoms with E-state index in [0.717, 1.165) is 5.82 Å². The minimum Gasteiger partial charge on any atom is -0.480 e. The molecule has 2 N–H and O–H groups in total. The Morgan fingerprint density at radius 1 is 1.42 bits per heavy atom. The number of carboxylic acids is 1. The molecule has 0 aliphatic carbocycles. The Morgan fingerprint density at radius 2 is 2.00 bits per heavy atom. The van der Waals surface area contributed by atoms with Gasteiger partial charge >= 0.3 is 5.97 Å². The van der Waals surface area contributed by atoms with Gasteiger partial charge in [0.15, 0.2) is 0 Å². The van der Waals surface area contributed by atoms with Crippen LogP contribution in [0.3, 0.4) is 0 Å². The minimum atomic E-state index is -1.07. The average molecular weight is 266 g/mol. The number of aliphatic carboxylic acids is 1. The number of carbonyl (C=O) groups is 1. The standard InChI is InChI=1S/C13H22N4O2/c1-8(2)17(6)11-7-10(14-9(3)15-11)16-13(4,5)12(18)19/h7-8H,1-6H3,(H,18,19)(H,14,15,16). The van der Waals surface area contributed by atoms with Crippen molar-refractivity contribution in [2.45, 2.75) is 46.2 Å². The second-order valence-electron chi connectivity index (χ2n) is 5.42. The molecule has 1 rings (SSSR count). The SMILES string of the molecule is Cc1nc(NC(C)(C)C(=O)O)cc(N(C)C(C)C)n1. The van der Waals surface area contributed by atoms with Crippen LogP contribution in [0.2, 0.25) is 0 Å². The Morgan fingerprint density at radius 3 is 2.47 bits per heavy atom. The fourth-order valence-corrected chi connectivity index (χ4v) is 1.43. The van der Waals surface area contributed by atoms with Gasteiger partial charge in [-0.3, -0.25) is 0 Å². The number of nitrogens with one attached hydrogen (secondary N) is 1. The van der Waals surface area contributed by atoms with E-state index in [2.05, 4.69) is 29.1 Å². The van der Waals surface area contributed by atoms with Crippen LogP contribution >= 0.6 is 0 Å². The van der Waals surface area contributed by atoms with E-state index in [1.807, 2.05) is 11.9 Å². The Bertz CT molecular complexity index is 472. The van der Waals surface area contributed by atoms with Crippen LogP contribution in [0.4, 0.5) is 11.6 Å². The molecule has 0 unspecified atom stereocenters. The first-order chi connectivity index (χ1) is 8.63. The van der Waals surface area contributed by atoms with Gasteiger partial charge < -0.3 is 15.3 Å². The molecule has 0 radical (unpaired) electrons. The van der Waals surface area contributed by atoms with Crippen molar-refractivity contribution in [3.8, 4) is 0 Å². The van der Waals surface area contributed by atoms with Gasteiger partial charge in [-0.2, -0.15) is 0 Å². The molecule has 0 aliphatic heterocycles. The monoisotopic (exact) mass is 266 g/mol. The molecule has 6 nitrogen and oxygen atoms in total. The van der Waals surface area contributed by atoms with Gasteiger partial charge in [0.05, 0.1) is 0 Å². The lowest BCUT2D eigenvalue weighted by molar-refractivity contribution is -0.141. The van der Waals surface area contributed by atoms with Crippen molar-refractivity contribution in [1.82, 2.24) is 9.97 Å². The summed E-state index contributed by atoms with van der Waals surface area (Å²) in [4.78, 5) is 21.7. The largest absolute Gasteiger partial charge is 0.480 e. The Hall–Kier alpha value is -1.85. The smallest absolute Gasteiger partial charge is 0.328 e. The van der Waals surface area contributed by atoms with E-state index in [9.17, 15) is 4.79 Å². The summed E-state index contributed by atoms with van der Waals surface area (Å²) in [6.07, 6.45) is 0. The molecule has 0 saturated carbocycles. The van der Waals surface area contributed by atoms with Gasteiger partial charge in [0.1, 0.15) is 23.0 Å². The third-order valence-corrected chi connectivity index (χ3v) is 2.94. The molecule has 0 atom stereocenters. The van der Waals surface area contributed by atoms with Crippen molar-refractivity contribution < 1.29 is 9.90 Å². The third-order valence-electron chi connectivity index (χ3n) is 2.94. The molecule has 0 aromatic carbocycles. The molecule has 0 saturated heterocycles. The van der Waals surface area contributed by atoms with E-state index in [-0.39, 0.29) is 0 Å². The number of nitrogens with zero attached hydrogens (tertiary/aromatic N) is 3. The molecule has 0 fully saturated rings. The predicted octanol–water partition coefficient (Wildman–Crippen LogP) is 1.90. The zero-order valence-corrected chi connectivity index (χ0v) is 12.4. The molecule has 106 valence electrons. The van der Waals surface area contributed by atoms with E-state index >= 15 is 0 Å². The fraction of sp³-hybridized carbons (Fsp3) is 0.615. The highest BCUT2D eigenvalue weighted by atomic mass is 16.4. The Kier molecular flexibility index (Phi) is 4.34. The highest BCUT2D eigenvalue weighted by Crippen LogP contribution is 2.19. The first-order valence-electron chi connectivity index (χ1n) is 6.23. The van der Waals surface area contributed by atoms with E-state index < -0.39 is 11.5 Å². The van der Waals surface area contributed by atoms with Crippen molar-refractivity contribution in [2.24, 2.45) is 0 Å². The van der Waals surface area contributed by atoms with Gasteiger partial charge in [0.2, 0.25) is 0 Å². The molecule has 0 amide bonds. The number of anilines is 2. The second kappa shape index (κ2) is 5.42. The zero-order chi connectivity index (χ0) is 14.8. The lowest BCUT2D eigenvalue weighted by atomic mass is 10.1. The molecular formula is C13H22N4O2. The highest BCUT2D eigenvalue weighted by molar-refractivity contribution is 5.81. The predicted molar refractivity (Wildman–Crippen MR) is 75.6 cm³/mol. The summed E-state index contributed by atoms with van der Waals surface area (Å²) in [5.41, 5.74) is -1.07. The number of carboxylic acid groups (broad SMARTS) is 1.